The molecular formula is C11H10ClNO3S. The summed E-state index contributed by atoms with van der Waals surface area (Å²) in [6.45, 7) is 1.28. The third kappa shape index (κ3) is 3.22. The molecule has 1 rings (SSSR count). The molecule has 0 bridgehead atoms. The van der Waals surface area contributed by atoms with Gasteiger partial charge < -0.3 is 10.0 Å². The zero-order chi connectivity index (χ0) is 13.0. The molecule has 0 spiro atoms. The molecule has 6 heteroatoms. The minimum atomic E-state index is -1.11. The van der Waals surface area contributed by atoms with Gasteiger partial charge in [-0.3, -0.25) is 9.59 Å². The molecule has 0 atom stereocenters. The van der Waals surface area contributed by atoms with Crippen molar-refractivity contribution in [2.75, 3.05) is 13.1 Å². The quantitative estimate of drug-likeness (QED) is 0.851. The molecule has 1 heterocycles. The van der Waals surface area contributed by atoms with Crippen LogP contribution in [0.5, 0.6) is 0 Å². The Labute approximate surface area is 108 Å². The van der Waals surface area contributed by atoms with E-state index in [0.717, 1.165) is 10.5 Å². The van der Waals surface area contributed by atoms with E-state index in [4.69, 9.17) is 23.1 Å². The average Bonchev–Trinajstić information content (AvgIpc) is 2.58. The molecule has 0 radical (unpaired) electrons. The molecule has 1 aromatic heterocycles. The third-order valence-electron chi connectivity index (χ3n) is 1.99. The van der Waals surface area contributed by atoms with Gasteiger partial charge in [-0.15, -0.1) is 17.8 Å². The standard InChI is InChI=1S/C11H10ClNO3S/c1-3-4-13(5-8(14)15)11(16)10-9(12)7(2)6-17-10/h1,6H,4-5H2,2H3,(H,14,15). The lowest BCUT2D eigenvalue weighted by Crippen LogP contribution is -2.35. The molecule has 1 aromatic rings. The Hall–Kier alpha value is -1.51. The first-order chi connectivity index (χ1) is 7.97. The molecule has 17 heavy (non-hydrogen) atoms. The fraction of sp³-hybridized carbons (Fsp3) is 0.273. The van der Waals surface area contributed by atoms with E-state index in [1.165, 1.54) is 11.3 Å². The van der Waals surface area contributed by atoms with Crippen LogP contribution in [0.4, 0.5) is 0 Å². The predicted molar refractivity (Wildman–Crippen MR) is 66.4 cm³/mol. The van der Waals surface area contributed by atoms with Crippen LogP contribution in [-0.4, -0.2) is 35.0 Å². The number of carbonyl (C=O) groups is 2. The third-order valence-corrected chi connectivity index (χ3v) is 3.67. The highest BCUT2D eigenvalue weighted by atomic mass is 35.5. The summed E-state index contributed by atoms with van der Waals surface area (Å²) in [4.78, 5) is 24.0. The van der Waals surface area contributed by atoms with Crippen molar-refractivity contribution in [3.05, 3.63) is 20.8 Å². The van der Waals surface area contributed by atoms with E-state index in [1.807, 2.05) is 0 Å². The number of aryl methyl sites for hydroxylation is 1. The zero-order valence-corrected chi connectivity index (χ0v) is 10.6. The molecule has 0 aliphatic heterocycles. The van der Waals surface area contributed by atoms with E-state index >= 15 is 0 Å². The molecule has 1 N–H and O–H groups in total. The number of terminal acetylenes is 1. The van der Waals surface area contributed by atoms with Crippen LogP contribution in [0, 0.1) is 19.3 Å². The van der Waals surface area contributed by atoms with Crippen molar-refractivity contribution < 1.29 is 14.7 Å². The van der Waals surface area contributed by atoms with E-state index in [0.29, 0.717) is 9.90 Å². The van der Waals surface area contributed by atoms with Crippen LogP contribution < -0.4 is 0 Å². The number of halogens is 1. The van der Waals surface area contributed by atoms with Crippen LogP contribution >= 0.6 is 22.9 Å². The molecular weight excluding hydrogens is 262 g/mol. The largest absolute Gasteiger partial charge is 0.480 e. The number of nitrogens with zero attached hydrogens (tertiary/aromatic N) is 1. The number of rotatable bonds is 4. The van der Waals surface area contributed by atoms with Gasteiger partial charge in [0.2, 0.25) is 0 Å². The highest BCUT2D eigenvalue weighted by Crippen LogP contribution is 2.28. The Balaban J connectivity index is 2.96. The van der Waals surface area contributed by atoms with Gasteiger partial charge in [0, 0.05) is 0 Å². The molecule has 0 unspecified atom stereocenters. The Morgan fingerprint density at radius 3 is 2.71 bits per heavy atom. The summed E-state index contributed by atoms with van der Waals surface area (Å²) < 4.78 is 0. The fourth-order valence-corrected chi connectivity index (χ4v) is 2.43. The van der Waals surface area contributed by atoms with E-state index < -0.39 is 18.4 Å². The van der Waals surface area contributed by atoms with E-state index in [9.17, 15) is 9.59 Å². The first kappa shape index (κ1) is 13.6. The first-order valence-electron chi connectivity index (χ1n) is 4.65. The number of hydrogen-bond acceptors (Lipinski definition) is 3. The van der Waals surface area contributed by atoms with E-state index in [1.54, 1.807) is 12.3 Å². The van der Waals surface area contributed by atoms with Gasteiger partial charge in [-0.1, -0.05) is 17.5 Å². The fourth-order valence-electron chi connectivity index (χ4n) is 1.19. The van der Waals surface area contributed by atoms with Crippen molar-refractivity contribution in [2.45, 2.75) is 6.92 Å². The van der Waals surface area contributed by atoms with Gasteiger partial charge in [0.25, 0.3) is 5.91 Å². The van der Waals surface area contributed by atoms with Crippen molar-refractivity contribution in [1.82, 2.24) is 4.90 Å². The number of carbonyl (C=O) groups excluding carboxylic acids is 1. The summed E-state index contributed by atoms with van der Waals surface area (Å²) in [7, 11) is 0. The summed E-state index contributed by atoms with van der Waals surface area (Å²) >= 11 is 7.13. The maximum absolute atomic E-state index is 12.0. The second-order valence-corrected chi connectivity index (χ2v) is 4.58. The average molecular weight is 272 g/mol. The summed E-state index contributed by atoms with van der Waals surface area (Å²) in [5, 5.41) is 10.8. The van der Waals surface area contributed by atoms with Gasteiger partial charge in [0.05, 0.1) is 11.6 Å². The maximum atomic E-state index is 12.0. The minimum Gasteiger partial charge on any atom is -0.480 e. The molecule has 0 fully saturated rings. The van der Waals surface area contributed by atoms with Crippen LogP contribution in [0.1, 0.15) is 15.2 Å². The minimum absolute atomic E-state index is 0.0571. The molecule has 0 aliphatic rings. The van der Waals surface area contributed by atoms with Crippen LogP contribution in [0.2, 0.25) is 5.02 Å². The van der Waals surface area contributed by atoms with Gasteiger partial charge in [-0.25, -0.2) is 0 Å². The normalized spacial score (nSPS) is 9.71. The second kappa shape index (κ2) is 5.71. The van der Waals surface area contributed by atoms with Crippen LogP contribution in [0.15, 0.2) is 5.38 Å². The molecule has 0 aliphatic carbocycles. The first-order valence-corrected chi connectivity index (χ1v) is 5.91. The predicted octanol–water partition coefficient (Wildman–Crippen LogP) is 1.87. The monoisotopic (exact) mass is 271 g/mol. The van der Waals surface area contributed by atoms with Crippen molar-refractivity contribution in [2.24, 2.45) is 0 Å². The Kier molecular flexibility index (Phi) is 4.55. The van der Waals surface area contributed by atoms with Crippen LogP contribution in [0.25, 0.3) is 0 Å². The smallest absolute Gasteiger partial charge is 0.323 e. The number of thiophene rings is 1. The van der Waals surface area contributed by atoms with Gasteiger partial charge in [0.15, 0.2) is 0 Å². The van der Waals surface area contributed by atoms with E-state index in [-0.39, 0.29) is 6.54 Å². The maximum Gasteiger partial charge on any atom is 0.323 e. The van der Waals surface area contributed by atoms with Gasteiger partial charge >= 0.3 is 5.97 Å². The highest BCUT2D eigenvalue weighted by Gasteiger charge is 2.22. The zero-order valence-electron chi connectivity index (χ0n) is 9.07. The number of carboxylic acids is 1. The number of hydrogen-bond donors (Lipinski definition) is 1. The Morgan fingerprint density at radius 2 is 2.29 bits per heavy atom. The molecule has 4 nitrogen and oxygen atoms in total. The van der Waals surface area contributed by atoms with Gasteiger partial charge in [0.1, 0.15) is 11.4 Å². The van der Waals surface area contributed by atoms with Crippen LogP contribution in [-0.2, 0) is 4.79 Å². The van der Waals surface area contributed by atoms with Crippen molar-refractivity contribution in [3.8, 4) is 12.3 Å². The summed E-state index contributed by atoms with van der Waals surface area (Å²) in [6, 6.07) is 0. The Bertz CT molecular complexity index is 489. The van der Waals surface area contributed by atoms with Crippen molar-refractivity contribution in [3.63, 3.8) is 0 Å². The summed E-state index contributed by atoms with van der Waals surface area (Å²) in [6.07, 6.45) is 5.10. The van der Waals surface area contributed by atoms with Gasteiger partial charge in [-0.05, 0) is 17.9 Å². The lowest BCUT2D eigenvalue weighted by atomic mass is 10.3. The van der Waals surface area contributed by atoms with E-state index in [2.05, 4.69) is 5.92 Å². The lowest BCUT2D eigenvalue weighted by molar-refractivity contribution is -0.137. The molecule has 0 aromatic carbocycles. The number of carboxylic acid groups (broad SMARTS) is 1. The summed E-state index contributed by atoms with van der Waals surface area (Å²) in [5.74, 6) is 0.690. The molecule has 0 saturated carbocycles. The highest BCUT2D eigenvalue weighted by molar-refractivity contribution is 7.13. The topological polar surface area (TPSA) is 57.6 Å². The second-order valence-electron chi connectivity index (χ2n) is 3.32. The molecule has 90 valence electrons. The lowest BCUT2D eigenvalue weighted by Gasteiger charge is -2.17. The molecule has 0 saturated heterocycles. The number of aliphatic carboxylic acids is 1. The molecule has 1 amide bonds. The number of amides is 1. The van der Waals surface area contributed by atoms with Gasteiger partial charge in [-0.2, -0.15) is 0 Å². The van der Waals surface area contributed by atoms with Crippen LogP contribution in [0.3, 0.4) is 0 Å². The van der Waals surface area contributed by atoms with Crippen molar-refractivity contribution in [1.29, 1.82) is 0 Å². The SMILES string of the molecule is C#CCN(CC(=O)O)C(=O)c1scc(C)c1Cl. The summed E-state index contributed by atoms with van der Waals surface area (Å²) in [5.41, 5.74) is 0.788. The van der Waals surface area contributed by atoms with Crippen molar-refractivity contribution >= 4 is 34.8 Å². The Morgan fingerprint density at radius 1 is 1.65 bits per heavy atom.